The molecule has 1 N–H and O–H groups in total. The van der Waals surface area contributed by atoms with Crippen LogP contribution in [0.5, 0.6) is 0 Å². The van der Waals surface area contributed by atoms with Crippen LogP contribution in [0, 0.1) is 0 Å². The van der Waals surface area contributed by atoms with Crippen molar-refractivity contribution in [2.45, 2.75) is 0 Å². The summed E-state index contributed by atoms with van der Waals surface area (Å²) in [5, 5.41) is 1.95. The van der Waals surface area contributed by atoms with Crippen LogP contribution in [-0.4, -0.2) is 21.0 Å². The molecule has 0 spiro atoms. The lowest BCUT2D eigenvalue weighted by Gasteiger charge is -1.99. The van der Waals surface area contributed by atoms with Crippen LogP contribution >= 0.6 is 0 Å². The Morgan fingerprint density at radius 2 is 2.43 bits per heavy atom. The minimum atomic E-state index is -2.16. The lowest BCUT2D eigenvalue weighted by atomic mass is 11.2. The van der Waals surface area contributed by atoms with Crippen LogP contribution in [0.25, 0.3) is 0 Å². The maximum Gasteiger partial charge on any atom is 0.207 e. The van der Waals surface area contributed by atoms with E-state index >= 15 is 0 Å². The van der Waals surface area contributed by atoms with Crippen molar-refractivity contribution in [2.24, 2.45) is 0 Å². The van der Waals surface area contributed by atoms with E-state index in [4.69, 9.17) is 0 Å². The molecular formula is C2H4NO3S-. The van der Waals surface area contributed by atoms with Crippen LogP contribution in [0.15, 0.2) is 0 Å². The first-order chi connectivity index (χ1) is 3.27. The van der Waals surface area contributed by atoms with Gasteiger partial charge >= 0.3 is 0 Å². The van der Waals surface area contributed by atoms with Gasteiger partial charge in [0.1, 0.15) is 0 Å². The zero-order valence-corrected chi connectivity index (χ0v) is 4.23. The molecule has 1 amide bonds. The Labute approximate surface area is 43.2 Å². The summed E-state index contributed by atoms with van der Waals surface area (Å²) < 4.78 is 19.1. The van der Waals surface area contributed by atoms with Crippen LogP contribution in [0.3, 0.4) is 0 Å². The third-order valence-corrected chi connectivity index (χ3v) is 0.687. The second-order valence-corrected chi connectivity index (χ2v) is 1.67. The molecule has 1 unspecified atom stereocenters. The predicted octanol–water partition coefficient (Wildman–Crippen LogP) is -1.43. The van der Waals surface area contributed by atoms with Gasteiger partial charge in [0.25, 0.3) is 0 Å². The maximum atomic E-state index is 9.54. The van der Waals surface area contributed by atoms with Crippen molar-refractivity contribution >= 4 is 17.5 Å². The van der Waals surface area contributed by atoms with Crippen molar-refractivity contribution in [2.75, 3.05) is 5.88 Å². The molecule has 0 aliphatic carbocycles. The second kappa shape index (κ2) is 3.76. The van der Waals surface area contributed by atoms with Crippen molar-refractivity contribution in [1.82, 2.24) is 5.32 Å². The average Bonchev–Trinajstić information content (AvgIpc) is 1.61. The summed E-state index contributed by atoms with van der Waals surface area (Å²) in [6.07, 6.45) is 0.329. The smallest absolute Gasteiger partial charge is 0.207 e. The Bertz CT molecular complexity index is 83.0. The molecule has 0 radical (unpaired) electrons. The van der Waals surface area contributed by atoms with Crippen LogP contribution in [0.4, 0.5) is 0 Å². The highest BCUT2D eigenvalue weighted by atomic mass is 32.2. The molecule has 0 bridgehead atoms. The number of amides is 1. The minimum Gasteiger partial charge on any atom is -0.771 e. The zero-order valence-electron chi connectivity index (χ0n) is 3.42. The number of hydrogen-bond donors (Lipinski definition) is 1. The molecule has 7 heavy (non-hydrogen) atoms. The van der Waals surface area contributed by atoms with Gasteiger partial charge < -0.3 is 9.87 Å². The fourth-order valence-corrected chi connectivity index (χ4v) is 0.306. The largest absolute Gasteiger partial charge is 0.771 e. The summed E-state index contributed by atoms with van der Waals surface area (Å²) in [4.78, 5) is 9.32. The topological polar surface area (TPSA) is 69.2 Å². The average molecular weight is 122 g/mol. The number of nitrogens with one attached hydrogen (secondary N) is 1. The van der Waals surface area contributed by atoms with Gasteiger partial charge in [0.2, 0.25) is 6.41 Å². The summed E-state index contributed by atoms with van der Waals surface area (Å²) in [5.74, 6) is -0.302. The van der Waals surface area contributed by atoms with Crippen LogP contribution in [0.1, 0.15) is 0 Å². The quantitative estimate of drug-likeness (QED) is 0.368. The van der Waals surface area contributed by atoms with E-state index in [0.29, 0.717) is 6.41 Å². The molecule has 0 fully saturated rings. The normalized spacial score (nSPS) is 12.7. The van der Waals surface area contributed by atoms with Gasteiger partial charge in [0.05, 0.1) is 5.88 Å². The molecule has 0 aliphatic heterocycles. The highest BCUT2D eigenvalue weighted by Gasteiger charge is 1.74. The van der Waals surface area contributed by atoms with E-state index in [-0.39, 0.29) is 5.88 Å². The lowest BCUT2D eigenvalue weighted by molar-refractivity contribution is -0.109. The van der Waals surface area contributed by atoms with Gasteiger partial charge in [-0.25, -0.2) is 0 Å². The SMILES string of the molecule is O=CNCS(=O)[O-]. The molecule has 5 heteroatoms. The Morgan fingerprint density at radius 1 is 1.86 bits per heavy atom. The molecule has 1 atom stereocenters. The Morgan fingerprint density at radius 3 is 2.57 bits per heavy atom. The summed E-state index contributed by atoms with van der Waals surface area (Å²) in [7, 11) is 0. The molecule has 0 rings (SSSR count). The predicted molar refractivity (Wildman–Crippen MR) is 23.0 cm³/mol. The van der Waals surface area contributed by atoms with Gasteiger partial charge in [-0.05, 0) is 11.1 Å². The Hall–Kier alpha value is -0.420. The van der Waals surface area contributed by atoms with Gasteiger partial charge in [-0.2, -0.15) is 0 Å². The van der Waals surface area contributed by atoms with Gasteiger partial charge in [-0.3, -0.25) is 9.00 Å². The van der Waals surface area contributed by atoms with E-state index in [2.05, 4.69) is 0 Å². The molecule has 0 aliphatic rings. The molecule has 0 saturated carbocycles. The van der Waals surface area contributed by atoms with Crippen molar-refractivity contribution in [1.29, 1.82) is 0 Å². The Kier molecular flexibility index (Phi) is 3.53. The number of carbonyl (C=O) groups is 1. The summed E-state index contributed by atoms with van der Waals surface area (Å²) in [5.41, 5.74) is 0. The van der Waals surface area contributed by atoms with Gasteiger partial charge in [0, 0.05) is 0 Å². The van der Waals surface area contributed by atoms with Crippen molar-refractivity contribution < 1.29 is 13.6 Å². The van der Waals surface area contributed by atoms with Gasteiger partial charge in [-0.1, -0.05) is 0 Å². The summed E-state index contributed by atoms with van der Waals surface area (Å²) >= 11 is -2.16. The van der Waals surface area contributed by atoms with E-state index in [1.54, 1.807) is 0 Å². The summed E-state index contributed by atoms with van der Waals surface area (Å²) in [6, 6.07) is 0. The molecule has 42 valence electrons. The standard InChI is InChI=1S/C2H5NO3S/c4-1-3-2-7(5)6/h1H,2H2,(H,3,4)(H,5,6)/p-1. The Balaban J connectivity index is 2.97. The molecule has 0 saturated heterocycles. The van der Waals surface area contributed by atoms with Gasteiger partial charge in [-0.15, -0.1) is 0 Å². The summed E-state index contributed by atoms with van der Waals surface area (Å²) in [6.45, 7) is 0. The van der Waals surface area contributed by atoms with E-state index < -0.39 is 11.1 Å². The van der Waals surface area contributed by atoms with E-state index in [9.17, 15) is 13.6 Å². The minimum absolute atomic E-state index is 0.302. The highest BCUT2D eigenvalue weighted by molar-refractivity contribution is 7.79. The maximum absolute atomic E-state index is 9.54. The van der Waals surface area contributed by atoms with Crippen LogP contribution in [0.2, 0.25) is 0 Å². The molecule has 4 nitrogen and oxygen atoms in total. The van der Waals surface area contributed by atoms with Gasteiger partial charge in [0.15, 0.2) is 0 Å². The van der Waals surface area contributed by atoms with Crippen molar-refractivity contribution in [3.63, 3.8) is 0 Å². The lowest BCUT2D eigenvalue weighted by Crippen LogP contribution is -2.16. The molecular weight excluding hydrogens is 118 g/mol. The number of rotatable bonds is 3. The van der Waals surface area contributed by atoms with Crippen LogP contribution < -0.4 is 5.32 Å². The molecule has 0 heterocycles. The first-order valence-corrected chi connectivity index (χ1v) is 2.74. The fraction of sp³-hybridized carbons (Fsp3) is 0.500. The number of hydrogen-bond acceptors (Lipinski definition) is 3. The molecule has 0 aromatic rings. The van der Waals surface area contributed by atoms with Crippen molar-refractivity contribution in [3.05, 3.63) is 0 Å². The van der Waals surface area contributed by atoms with E-state index in [0.717, 1.165) is 0 Å². The van der Waals surface area contributed by atoms with E-state index in [1.807, 2.05) is 5.32 Å². The third-order valence-electron chi connectivity index (χ3n) is 0.285. The highest BCUT2D eigenvalue weighted by Crippen LogP contribution is 1.60. The first-order valence-electron chi connectivity index (χ1n) is 1.50. The monoisotopic (exact) mass is 122 g/mol. The second-order valence-electron chi connectivity index (χ2n) is 0.770. The zero-order chi connectivity index (χ0) is 5.70. The first kappa shape index (κ1) is 6.58. The molecule has 0 aromatic carbocycles. The fourth-order valence-electron chi connectivity index (χ4n) is 0.102. The van der Waals surface area contributed by atoms with Crippen molar-refractivity contribution in [3.8, 4) is 0 Å². The van der Waals surface area contributed by atoms with E-state index in [1.165, 1.54) is 0 Å². The molecule has 0 aromatic heterocycles. The number of carbonyl (C=O) groups excluding carboxylic acids is 1. The third kappa shape index (κ3) is 5.58. The van der Waals surface area contributed by atoms with Crippen LogP contribution in [-0.2, 0) is 15.9 Å².